The Balaban J connectivity index is 2.02. The summed E-state index contributed by atoms with van der Waals surface area (Å²) in [7, 11) is 0. The van der Waals surface area contributed by atoms with Crippen molar-refractivity contribution in [1.29, 1.82) is 10.5 Å². The average Bonchev–Trinajstić information content (AvgIpc) is 3.17. The molecule has 30 heavy (non-hydrogen) atoms. The Morgan fingerprint density at radius 1 is 1.23 bits per heavy atom. The van der Waals surface area contributed by atoms with E-state index in [1.807, 2.05) is 50.4 Å². The first kappa shape index (κ1) is 19.0. The topological polar surface area (TPSA) is 135 Å². The Hall–Kier alpha value is -4.36. The second-order valence-corrected chi connectivity index (χ2v) is 7.20. The van der Waals surface area contributed by atoms with Crippen molar-refractivity contribution in [2.45, 2.75) is 20.4 Å². The molecule has 0 saturated heterocycles. The van der Waals surface area contributed by atoms with Gasteiger partial charge >= 0.3 is 0 Å². The highest BCUT2D eigenvalue weighted by Crippen LogP contribution is 2.44. The van der Waals surface area contributed by atoms with Gasteiger partial charge in [0.05, 0.1) is 16.8 Å². The van der Waals surface area contributed by atoms with Crippen LogP contribution in [-0.4, -0.2) is 15.5 Å². The van der Waals surface area contributed by atoms with Gasteiger partial charge in [0.15, 0.2) is 0 Å². The number of amides is 1. The van der Waals surface area contributed by atoms with E-state index in [1.165, 1.54) is 0 Å². The maximum atomic E-state index is 11.5. The molecular weight excluding hydrogens is 376 g/mol. The molecule has 0 saturated carbocycles. The van der Waals surface area contributed by atoms with Gasteiger partial charge in [-0.2, -0.15) is 10.5 Å². The largest absolute Gasteiger partial charge is 0.383 e. The lowest BCUT2D eigenvalue weighted by Gasteiger charge is -2.10. The SMILES string of the molecule is CC1=C(C#N)c2nc(N)c(C#N)c(C)c2C1=Cc1cn(CC(N)=O)c2ccccc12. The van der Waals surface area contributed by atoms with Gasteiger partial charge in [0.25, 0.3) is 0 Å². The summed E-state index contributed by atoms with van der Waals surface area (Å²) in [5.74, 6) is -0.313. The lowest BCUT2D eigenvalue weighted by Crippen LogP contribution is -2.17. The summed E-state index contributed by atoms with van der Waals surface area (Å²) in [5.41, 5.74) is 17.4. The molecule has 1 aliphatic rings. The number of benzene rings is 1. The van der Waals surface area contributed by atoms with E-state index in [0.29, 0.717) is 22.4 Å². The number of primary amides is 1. The number of nitriles is 2. The van der Waals surface area contributed by atoms with E-state index in [0.717, 1.165) is 33.2 Å². The minimum absolute atomic E-state index is 0.0637. The van der Waals surface area contributed by atoms with Crippen LogP contribution in [0.2, 0.25) is 0 Å². The number of para-hydroxylation sites is 1. The Labute approximate surface area is 173 Å². The van der Waals surface area contributed by atoms with Crippen molar-refractivity contribution in [2.75, 3.05) is 5.73 Å². The molecule has 0 fully saturated rings. The van der Waals surface area contributed by atoms with Gasteiger partial charge in [-0.05, 0) is 42.7 Å². The zero-order valence-electron chi connectivity index (χ0n) is 16.5. The molecule has 7 heteroatoms. The molecule has 0 bridgehead atoms. The molecule has 0 unspecified atom stereocenters. The third-order valence-electron chi connectivity index (χ3n) is 5.43. The number of fused-ring (bicyclic) bond motifs is 2. The molecular formula is C23H18N6O. The predicted octanol–water partition coefficient (Wildman–Crippen LogP) is 3.14. The molecule has 7 nitrogen and oxygen atoms in total. The number of carbonyl (C=O) groups excluding carboxylic acids is 1. The molecule has 146 valence electrons. The fourth-order valence-electron chi connectivity index (χ4n) is 4.04. The summed E-state index contributed by atoms with van der Waals surface area (Å²) in [4.78, 5) is 15.9. The molecule has 2 aromatic heterocycles. The van der Waals surface area contributed by atoms with E-state index < -0.39 is 5.91 Å². The van der Waals surface area contributed by atoms with Crippen LogP contribution in [0.15, 0.2) is 36.0 Å². The predicted molar refractivity (Wildman–Crippen MR) is 115 cm³/mol. The van der Waals surface area contributed by atoms with E-state index in [2.05, 4.69) is 17.1 Å². The second-order valence-electron chi connectivity index (χ2n) is 7.20. The van der Waals surface area contributed by atoms with E-state index in [9.17, 15) is 15.3 Å². The van der Waals surface area contributed by atoms with Gasteiger partial charge in [0, 0.05) is 28.2 Å². The quantitative estimate of drug-likeness (QED) is 0.703. The van der Waals surface area contributed by atoms with Gasteiger partial charge in [0.2, 0.25) is 5.91 Å². The molecule has 1 aliphatic carbocycles. The van der Waals surface area contributed by atoms with Crippen LogP contribution >= 0.6 is 0 Å². The second kappa shape index (κ2) is 6.91. The van der Waals surface area contributed by atoms with Crippen molar-refractivity contribution in [3.05, 3.63) is 64.0 Å². The summed E-state index contributed by atoms with van der Waals surface area (Å²) in [6, 6.07) is 12.0. The standard InChI is InChI=1S/C23H18N6O/c1-12-16(21-13(2)18(9-25)23(27)28-22(21)17(12)8-24)7-14-10-29(11-20(26)30)19-6-4-3-5-15(14)19/h3-7,10H,11H2,1-2H3,(H2,26,30)(H2,27,28). The molecule has 4 N–H and O–H groups in total. The number of anilines is 1. The smallest absolute Gasteiger partial charge is 0.237 e. The molecule has 0 atom stereocenters. The number of allylic oxidation sites excluding steroid dienone is 3. The molecule has 4 rings (SSSR count). The summed E-state index contributed by atoms with van der Waals surface area (Å²) in [5, 5.41) is 20.2. The Bertz CT molecular complexity index is 1390. The van der Waals surface area contributed by atoms with Crippen molar-refractivity contribution < 1.29 is 4.79 Å². The van der Waals surface area contributed by atoms with Crippen LogP contribution in [0.25, 0.3) is 28.1 Å². The summed E-state index contributed by atoms with van der Waals surface area (Å²) >= 11 is 0. The first-order valence-corrected chi connectivity index (χ1v) is 9.27. The Morgan fingerprint density at radius 3 is 2.63 bits per heavy atom. The van der Waals surface area contributed by atoms with Gasteiger partial charge in [-0.1, -0.05) is 18.2 Å². The first-order chi connectivity index (χ1) is 14.4. The summed E-state index contributed by atoms with van der Waals surface area (Å²) < 4.78 is 1.80. The Kier molecular flexibility index (Phi) is 4.37. The first-order valence-electron chi connectivity index (χ1n) is 9.27. The molecule has 0 radical (unpaired) electrons. The molecule has 0 spiro atoms. The zero-order chi connectivity index (χ0) is 21.6. The number of hydrogen-bond acceptors (Lipinski definition) is 5. The zero-order valence-corrected chi connectivity index (χ0v) is 16.5. The fraction of sp³-hybridized carbons (Fsp3) is 0.130. The van der Waals surface area contributed by atoms with Gasteiger partial charge < -0.3 is 16.0 Å². The van der Waals surface area contributed by atoms with E-state index in [4.69, 9.17) is 11.5 Å². The highest BCUT2D eigenvalue weighted by Gasteiger charge is 2.29. The van der Waals surface area contributed by atoms with Crippen LogP contribution in [0.5, 0.6) is 0 Å². The highest BCUT2D eigenvalue weighted by atomic mass is 16.1. The summed E-state index contributed by atoms with van der Waals surface area (Å²) in [6.45, 7) is 3.73. The molecule has 2 heterocycles. The van der Waals surface area contributed by atoms with Crippen LogP contribution in [-0.2, 0) is 11.3 Å². The number of nitrogens with two attached hydrogens (primary N) is 2. The van der Waals surface area contributed by atoms with Crippen molar-refractivity contribution in [2.24, 2.45) is 5.73 Å². The number of pyridine rings is 1. The minimum Gasteiger partial charge on any atom is -0.383 e. The van der Waals surface area contributed by atoms with Crippen molar-refractivity contribution in [3.8, 4) is 12.1 Å². The van der Waals surface area contributed by atoms with Gasteiger partial charge in [-0.3, -0.25) is 4.79 Å². The van der Waals surface area contributed by atoms with Crippen LogP contribution < -0.4 is 11.5 Å². The lowest BCUT2D eigenvalue weighted by molar-refractivity contribution is -0.118. The van der Waals surface area contributed by atoms with Crippen molar-refractivity contribution in [3.63, 3.8) is 0 Å². The third-order valence-corrected chi connectivity index (χ3v) is 5.43. The van der Waals surface area contributed by atoms with Gasteiger partial charge in [-0.15, -0.1) is 0 Å². The number of hydrogen-bond donors (Lipinski definition) is 2. The van der Waals surface area contributed by atoms with E-state index in [-0.39, 0.29) is 12.4 Å². The summed E-state index contributed by atoms with van der Waals surface area (Å²) in [6.07, 6.45) is 3.83. The monoisotopic (exact) mass is 394 g/mol. The third kappa shape index (κ3) is 2.73. The number of aromatic nitrogens is 2. The van der Waals surface area contributed by atoms with Crippen molar-refractivity contribution >= 4 is 39.9 Å². The number of nitrogens with zero attached hydrogens (tertiary/aromatic N) is 4. The van der Waals surface area contributed by atoms with Gasteiger partial charge in [0.1, 0.15) is 24.5 Å². The maximum Gasteiger partial charge on any atom is 0.237 e. The van der Waals surface area contributed by atoms with Crippen LogP contribution in [0.3, 0.4) is 0 Å². The maximum absolute atomic E-state index is 11.5. The minimum atomic E-state index is -0.432. The molecule has 3 aromatic rings. The van der Waals surface area contributed by atoms with E-state index in [1.54, 1.807) is 4.57 Å². The molecule has 1 amide bonds. The van der Waals surface area contributed by atoms with Crippen molar-refractivity contribution in [1.82, 2.24) is 9.55 Å². The number of nitrogen functional groups attached to an aromatic ring is 1. The van der Waals surface area contributed by atoms with Crippen LogP contribution in [0.1, 0.15) is 34.9 Å². The van der Waals surface area contributed by atoms with Crippen LogP contribution in [0, 0.1) is 29.6 Å². The lowest BCUT2D eigenvalue weighted by atomic mass is 9.95. The fourth-order valence-corrected chi connectivity index (χ4v) is 4.04. The average molecular weight is 394 g/mol. The normalized spacial score (nSPS) is 14.1. The van der Waals surface area contributed by atoms with Crippen LogP contribution in [0.4, 0.5) is 5.82 Å². The highest BCUT2D eigenvalue weighted by molar-refractivity contribution is 6.10. The molecule has 0 aliphatic heterocycles. The molecule has 1 aromatic carbocycles. The Morgan fingerprint density at radius 2 is 1.97 bits per heavy atom. The van der Waals surface area contributed by atoms with E-state index >= 15 is 0 Å². The van der Waals surface area contributed by atoms with Gasteiger partial charge in [-0.25, -0.2) is 4.98 Å². The number of carbonyl (C=O) groups is 1. The number of rotatable bonds is 3.